The summed E-state index contributed by atoms with van der Waals surface area (Å²) in [5.41, 5.74) is 0. The van der Waals surface area contributed by atoms with Gasteiger partial charge in [0.2, 0.25) is 11.8 Å². The normalized spacial score (nSPS) is 29.5. The van der Waals surface area contributed by atoms with Crippen molar-refractivity contribution in [3.8, 4) is 0 Å². The fraction of sp³-hybridized carbons (Fsp3) is 0.824. The lowest BCUT2D eigenvalue weighted by Crippen LogP contribution is -2.37. The number of Topliss-reactive ketones (excluding diaryl/α,β-unsaturated/α-hetero) is 1. The highest BCUT2D eigenvalue weighted by molar-refractivity contribution is 8.00. The van der Waals surface area contributed by atoms with Gasteiger partial charge in [-0.2, -0.15) is 0 Å². The number of likely N-dealkylation sites (tertiary alicyclic amines) is 1. The van der Waals surface area contributed by atoms with Crippen molar-refractivity contribution < 1.29 is 14.4 Å². The molecule has 0 spiro atoms. The Hall–Kier alpha value is -0.840. The van der Waals surface area contributed by atoms with Gasteiger partial charge >= 0.3 is 0 Å². The second-order valence-corrected chi connectivity index (χ2v) is 8.25. The molecular formula is C17H27NO3S. The maximum absolute atomic E-state index is 12.3. The zero-order chi connectivity index (χ0) is 16.3. The summed E-state index contributed by atoms with van der Waals surface area (Å²) in [5.74, 6) is 1.87. The molecule has 1 saturated heterocycles. The first-order valence-corrected chi connectivity index (χ1v) is 9.48. The molecule has 4 nitrogen and oxygen atoms in total. The van der Waals surface area contributed by atoms with Crippen LogP contribution in [0.25, 0.3) is 0 Å². The number of amides is 2. The van der Waals surface area contributed by atoms with Crippen LogP contribution < -0.4 is 0 Å². The van der Waals surface area contributed by atoms with Gasteiger partial charge in [-0.3, -0.25) is 19.3 Å². The van der Waals surface area contributed by atoms with Crippen molar-refractivity contribution in [1.29, 1.82) is 0 Å². The van der Waals surface area contributed by atoms with E-state index in [2.05, 4.69) is 0 Å². The zero-order valence-corrected chi connectivity index (χ0v) is 14.7. The van der Waals surface area contributed by atoms with Crippen LogP contribution in [-0.2, 0) is 14.4 Å². The molecule has 0 bridgehead atoms. The lowest BCUT2D eigenvalue weighted by atomic mass is 9.77. The minimum atomic E-state index is -0.170. The van der Waals surface area contributed by atoms with Gasteiger partial charge in [0.15, 0.2) is 0 Å². The molecule has 0 aromatic rings. The molecule has 0 radical (unpaired) electrons. The third-order valence-electron chi connectivity index (χ3n) is 4.83. The first-order valence-electron chi connectivity index (χ1n) is 8.43. The minimum Gasteiger partial charge on any atom is -0.299 e. The summed E-state index contributed by atoms with van der Waals surface area (Å²) in [4.78, 5) is 37.8. The van der Waals surface area contributed by atoms with Crippen LogP contribution in [0.2, 0.25) is 0 Å². The van der Waals surface area contributed by atoms with Crippen LogP contribution in [0.5, 0.6) is 0 Å². The molecule has 1 aliphatic carbocycles. The third kappa shape index (κ3) is 3.92. The van der Waals surface area contributed by atoms with Gasteiger partial charge in [0.1, 0.15) is 5.78 Å². The number of hydrogen-bond donors (Lipinski definition) is 0. The predicted molar refractivity (Wildman–Crippen MR) is 88.6 cm³/mol. The van der Waals surface area contributed by atoms with Crippen LogP contribution >= 0.6 is 11.8 Å². The standard InChI is InChI=1S/C17H27NO3S/c1-4-22-14-9-15(19)18(17(14)21)10-12-5-7-13(8-6-12)16(20)11(2)3/h11-14H,4-10H2,1-3H3. The Labute approximate surface area is 137 Å². The van der Waals surface area contributed by atoms with E-state index in [9.17, 15) is 14.4 Å². The highest BCUT2D eigenvalue weighted by Crippen LogP contribution is 2.33. The van der Waals surface area contributed by atoms with Crippen LogP contribution in [0.15, 0.2) is 0 Å². The lowest BCUT2D eigenvalue weighted by molar-refractivity contribution is -0.139. The van der Waals surface area contributed by atoms with Crippen LogP contribution in [0.1, 0.15) is 52.9 Å². The third-order valence-corrected chi connectivity index (χ3v) is 5.93. The number of carbonyl (C=O) groups excluding carboxylic acids is 3. The van der Waals surface area contributed by atoms with Crippen LogP contribution in [0.4, 0.5) is 0 Å². The quantitative estimate of drug-likeness (QED) is 0.705. The molecule has 2 amide bonds. The Morgan fingerprint density at radius 3 is 2.41 bits per heavy atom. The number of nitrogens with zero attached hydrogens (tertiary/aromatic N) is 1. The SMILES string of the molecule is CCSC1CC(=O)N(CC2CCC(C(=O)C(C)C)CC2)C1=O. The van der Waals surface area contributed by atoms with Crippen molar-refractivity contribution in [1.82, 2.24) is 4.90 Å². The van der Waals surface area contributed by atoms with Crippen molar-refractivity contribution >= 4 is 29.4 Å². The predicted octanol–water partition coefficient (Wildman–Crippen LogP) is 2.90. The fourth-order valence-electron chi connectivity index (χ4n) is 3.54. The molecule has 1 heterocycles. The molecule has 1 aliphatic heterocycles. The van der Waals surface area contributed by atoms with E-state index in [-0.39, 0.29) is 28.9 Å². The molecule has 0 aromatic heterocycles. The van der Waals surface area contributed by atoms with Gasteiger partial charge in [-0.1, -0.05) is 20.8 Å². The van der Waals surface area contributed by atoms with Crippen molar-refractivity contribution in [3.05, 3.63) is 0 Å². The Kier molecular flexibility index (Phi) is 6.07. The monoisotopic (exact) mass is 325 g/mol. The summed E-state index contributed by atoms with van der Waals surface area (Å²) in [5, 5.41) is -0.170. The molecule has 22 heavy (non-hydrogen) atoms. The maximum Gasteiger partial charge on any atom is 0.242 e. The Balaban J connectivity index is 1.85. The molecule has 2 aliphatic rings. The number of carbonyl (C=O) groups is 3. The summed E-state index contributed by atoms with van der Waals surface area (Å²) in [6, 6.07) is 0. The summed E-state index contributed by atoms with van der Waals surface area (Å²) < 4.78 is 0. The lowest BCUT2D eigenvalue weighted by Gasteiger charge is -2.30. The molecular weight excluding hydrogens is 298 g/mol. The zero-order valence-electron chi connectivity index (χ0n) is 13.8. The largest absolute Gasteiger partial charge is 0.299 e. The molecule has 0 N–H and O–H groups in total. The van der Waals surface area contributed by atoms with E-state index in [1.54, 1.807) is 11.8 Å². The molecule has 1 unspecified atom stereocenters. The van der Waals surface area contributed by atoms with Crippen molar-refractivity contribution in [2.45, 2.75) is 58.1 Å². The minimum absolute atomic E-state index is 0.00256. The number of ketones is 1. The van der Waals surface area contributed by atoms with Gasteiger partial charge in [0.25, 0.3) is 0 Å². The van der Waals surface area contributed by atoms with Gasteiger partial charge in [0, 0.05) is 24.8 Å². The average Bonchev–Trinajstić information content (AvgIpc) is 2.75. The van der Waals surface area contributed by atoms with E-state index < -0.39 is 0 Å². The first-order chi connectivity index (χ1) is 10.4. The Morgan fingerprint density at radius 2 is 1.86 bits per heavy atom. The molecule has 5 heteroatoms. The summed E-state index contributed by atoms with van der Waals surface area (Å²) in [6.45, 7) is 6.49. The van der Waals surface area contributed by atoms with Gasteiger partial charge < -0.3 is 0 Å². The summed E-state index contributed by atoms with van der Waals surface area (Å²) in [6.07, 6.45) is 4.08. The van der Waals surface area contributed by atoms with E-state index in [0.29, 0.717) is 24.7 Å². The number of rotatable bonds is 6. The first kappa shape index (κ1) is 17.5. The summed E-state index contributed by atoms with van der Waals surface area (Å²) >= 11 is 1.57. The summed E-state index contributed by atoms with van der Waals surface area (Å²) in [7, 11) is 0. The highest BCUT2D eigenvalue weighted by atomic mass is 32.2. The van der Waals surface area contributed by atoms with Crippen molar-refractivity contribution in [2.75, 3.05) is 12.3 Å². The average molecular weight is 325 g/mol. The van der Waals surface area contributed by atoms with Gasteiger partial charge in [-0.05, 0) is 37.4 Å². The number of thioether (sulfide) groups is 1. The molecule has 124 valence electrons. The van der Waals surface area contributed by atoms with Crippen LogP contribution in [0, 0.1) is 17.8 Å². The van der Waals surface area contributed by atoms with E-state index in [1.807, 2.05) is 20.8 Å². The topological polar surface area (TPSA) is 54.5 Å². The molecule has 1 atom stereocenters. The molecule has 1 saturated carbocycles. The van der Waals surface area contributed by atoms with Crippen LogP contribution in [0.3, 0.4) is 0 Å². The second-order valence-electron chi connectivity index (χ2n) is 6.77. The van der Waals surface area contributed by atoms with E-state index in [1.165, 1.54) is 4.90 Å². The van der Waals surface area contributed by atoms with E-state index >= 15 is 0 Å². The fourth-order valence-corrected chi connectivity index (χ4v) is 4.47. The molecule has 2 fully saturated rings. The number of hydrogen-bond acceptors (Lipinski definition) is 4. The van der Waals surface area contributed by atoms with Crippen LogP contribution in [-0.4, -0.2) is 40.0 Å². The van der Waals surface area contributed by atoms with Gasteiger partial charge in [-0.25, -0.2) is 0 Å². The van der Waals surface area contributed by atoms with Gasteiger partial charge in [-0.15, -0.1) is 11.8 Å². The molecule has 2 rings (SSSR count). The van der Waals surface area contributed by atoms with Gasteiger partial charge in [0.05, 0.1) is 5.25 Å². The highest BCUT2D eigenvalue weighted by Gasteiger charge is 2.40. The number of imide groups is 1. The molecule has 0 aromatic carbocycles. The van der Waals surface area contributed by atoms with Crippen molar-refractivity contribution in [3.63, 3.8) is 0 Å². The van der Waals surface area contributed by atoms with Crippen molar-refractivity contribution in [2.24, 2.45) is 17.8 Å². The maximum atomic E-state index is 12.3. The smallest absolute Gasteiger partial charge is 0.242 e. The Morgan fingerprint density at radius 1 is 1.23 bits per heavy atom. The van der Waals surface area contributed by atoms with E-state index in [4.69, 9.17) is 0 Å². The second kappa shape index (κ2) is 7.62. The Bertz CT molecular complexity index is 441. The van der Waals surface area contributed by atoms with E-state index in [0.717, 1.165) is 31.4 Å².